The van der Waals surface area contributed by atoms with Crippen molar-refractivity contribution >= 4 is 5.97 Å². The second kappa shape index (κ2) is 3.60. The van der Waals surface area contributed by atoms with Crippen LogP contribution < -0.4 is 0 Å². The summed E-state index contributed by atoms with van der Waals surface area (Å²) < 4.78 is 6.68. The Morgan fingerprint density at radius 1 is 1.62 bits per heavy atom. The second-order valence-electron chi connectivity index (χ2n) is 3.08. The van der Waals surface area contributed by atoms with Crippen LogP contribution in [0.3, 0.4) is 0 Å². The minimum atomic E-state index is -0.328. The number of rotatable bonds is 2. The minimum absolute atomic E-state index is 0.292. The maximum absolute atomic E-state index is 10.7. The lowest BCUT2D eigenvalue weighted by Gasteiger charge is -2.13. The third-order valence-electron chi connectivity index (χ3n) is 1.73. The molecule has 1 atom stereocenters. The summed E-state index contributed by atoms with van der Waals surface area (Å²) in [7, 11) is 0. The molecule has 0 aliphatic heterocycles. The van der Waals surface area contributed by atoms with Crippen LogP contribution in [0.4, 0.5) is 0 Å². The van der Waals surface area contributed by atoms with Crippen LogP contribution in [0, 0.1) is 13.8 Å². The van der Waals surface area contributed by atoms with Crippen molar-refractivity contribution < 1.29 is 9.53 Å². The van der Waals surface area contributed by atoms with Crippen LogP contribution in [0.15, 0.2) is 6.07 Å². The fourth-order valence-corrected chi connectivity index (χ4v) is 1.30. The summed E-state index contributed by atoms with van der Waals surface area (Å²) in [4.78, 5) is 10.7. The van der Waals surface area contributed by atoms with Crippen LogP contribution >= 0.6 is 0 Å². The van der Waals surface area contributed by atoms with E-state index in [9.17, 15) is 4.79 Å². The van der Waals surface area contributed by atoms with Gasteiger partial charge in [-0.25, -0.2) is 4.68 Å². The van der Waals surface area contributed by atoms with Gasteiger partial charge in [-0.15, -0.1) is 0 Å². The first-order chi connectivity index (χ1) is 6.00. The number of carbonyl (C=O) groups is 1. The van der Waals surface area contributed by atoms with Gasteiger partial charge in [0.25, 0.3) is 0 Å². The Bertz CT molecular complexity index is 317. The van der Waals surface area contributed by atoms with E-state index in [0.29, 0.717) is 0 Å². The quantitative estimate of drug-likeness (QED) is 0.652. The molecule has 13 heavy (non-hydrogen) atoms. The number of aryl methyl sites for hydroxylation is 2. The second-order valence-corrected chi connectivity index (χ2v) is 3.08. The molecule has 0 aromatic carbocycles. The molecule has 4 nitrogen and oxygen atoms in total. The number of esters is 1. The van der Waals surface area contributed by atoms with Crippen molar-refractivity contribution in [2.45, 2.75) is 33.9 Å². The van der Waals surface area contributed by atoms with Gasteiger partial charge in [0.15, 0.2) is 6.23 Å². The summed E-state index contributed by atoms with van der Waals surface area (Å²) in [5.74, 6) is -0.292. The summed E-state index contributed by atoms with van der Waals surface area (Å²) in [6, 6.07) is 1.94. The third kappa shape index (κ3) is 2.31. The average Bonchev–Trinajstić information content (AvgIpc) is 2.28. The van der Waals surface area contributed by atoms with Crippen molar-refractivity contribution in [3.63, 3.8) is 0 Å². The van der Waals surface area contributed by atoms with Crippen molar-refractivity contribution in [1.82, 2.24) is 9.78 Å². The Morgan fingerprint density at radius 2 is 2.23 bits per heavy atom. The number of aromatic nitrogens is 2. The van der Waals surface area contributed by atoms with Gasteiger partial charge in [0.1, 0.15) is 0 Å². The lowest BCUT2D eigenvalue weighted by atomic mass is 10.4. The molecular formula is C9H14N2O2. The first kappa shape index (κ1) is 9.77. The maximum Gasteiger partial charge on any atom is 0.304 e. The fraction of sp³-hybridized carbons (Fsp3) is 0.556. The highest BCUT2D eigenvalue weighted by Gasteiger charge is 2.10. The molecule has 0 bridgehead atoms. The molecule has 1 aromatic rings. The van der Waals surface area contributed by atoms with E-state index in [1.165, 1.54) is 6.92 Å². The fourth-order valence-electron chi connectivity index (χ4n) is 1.30. The maximum atomic E-state index is 10.7. The minimum Gasteiger partial charge on any atom is -0.440 e. The monoisotopic (exact) mass is 182 g/mol. The summed E-state index contributed by atoms with van der Waals surface area (Å²) in [5.41, 5.74) is 1.92. The SMILES string of the molecule is CC(=O)OC(C)n1nc(C)cc1C. The molecule has 1 unspecified atom stereocenters. The van der Waals surface area contributed by atoms with Crippen LogP contribution in [0.25, 0.3) is 0 Å². The lowest BCUT2D eigenvalue weighted by Crippen LogP contribution is -2.14. The van der Waals surface area contributed by atoms with Crippen LogP contribution in [0.1, 0.15) is 31.5 Å². The van der Waals surface area contributed by atoms with Gasteiger partial charge in [-0.05, 0) is 26.8 Å². The molecule has 0 aliphatic carbocycles. The van der Waals surface area contributed by atoms with Gasteiger partial charge in [-0.3, -0.25) is 4.79 Å². The first-order valence-electron chi connectivity index (χ1n) is 4.20. The molecule has 1 rings (SSSR count). The van der Waals surface area contributed by atoms with Gasteiger partial charge in [0.05, 0.1) is 5.69 Å². The zero-order valence-electron chi connectivity index (χ0n) is 8.37. The van der Waals surface area contributed by atoms with Crippen molar-refractivity contribution in [1.29, 1.82) is 0 Å². The molecular weight excluding hydrogens is 168 g/mol. The third-order valence-corrected chi connectivity index (χ3v) is 1.73. The van der Waals surface area contributed by atoms with E-state index in [-0.39, 0.29) is 12.2 Å². The van der Waals surface area contributed by atoms with Crippen molar-refractivity contribution in [2.75, 3.05) is 0 Å². The predicted octanol–water partition coefficient (Wildman–Crippen LogP) is 1.58. The number of ether oxygens (including phenoxy) is 1. The Kier molecular flexibility index (Phi) is 2.70. The Hall–Kier alpha value is -1.32. The van der Waals surface area contributed by atoms with E-state index in [0.717, 1.165) is 11.4 Å². The molecule has 4 heteroatoms. The van der Waals surface area contributed by atoms with Gasteiger partial charge in [-0.1, -0.05) is 0 Å². The zero-order valence-corrected chi connectivity index (χ0v) is 8.37. The van der Waals surface area contributed by atoms with Crippen LogP contribution in [-0.2, 0) is 9.53 Å². The summed E-state index contributed by atoms with van der Waals surface area (Å²) in [6.07, 6.45) is -0.328. The van der Waals surface area contributed by atoms with E-state index in [1.807, 2.05) is 19.9 Å². The molecule has 0 amide bonds. The van der Waals surface area contributed by atoms with Crippen LogP contribution in [0.5, 0.6) is 0 Å². The van der Waals surface area contributed by atoms with Gasteiger partial charge in [0.2, 0.25) is 0 Å². The van der Waals surface area contributed by atoms with Crippen molar-refractivity contribution in [2.24, 2.45) is 0 Å². The van der Waals surface area contributed by atoms with E-state index in [1.54, 1.807) is 11.6 Å². The van der Waals surface area contributed by atoms with Gasteiger partial charge >= 0.3 is 5.97 Å². The molecule has 0 spiro atoms. The number of hydrogen-bond donors (Lipinski definition) is 0. The van der Waals surface area contributed by atoms with E-state index < -0.39 is 0 Å². The Balaban J connectivity index is 2.81. The average molecular weight is 182 g/mol. The molecule has 0 N–H and O–H groups in total. The largest absolute Gasteiger partial charge is 0.440 e. The van der Waals surface area contributed by atoms with Gasteiger partial charge < -0.3 is 4.74 Å². The number of carbonyl (C=O) groups excluding carboxylic acids is 1. The Morgan fingerprint density at radius 3 is 2.62 bits per heavy atom. The molecule has 0 saturated heterocycles. The van der Waals surface area contributed by atoms with E-state index >= 15 is 0 Å². The standard InChI is InChI=1S/C9H14N2O2/c1-6-5-7(2)11(10-6)8(3)13-9(4)12/h5,8H,1-4H3. The van der Waals surface area contributed by atoms with E-state index in [2.05, 4.69) is 5.10 Å². The number of hydrogen-bond acceptors (Lipinski definition) is 3. The molecule has 0 radical (unpaired) electrons. The molecule has 0 saturated carbocycles. The molecule has 1 heterocycles. The van der Waals surface area contributed by atoms with Crippen LogP contribution in [0.2, 0.25) is 0 Å². The molecule has 72 valence electrons. The highest BCUT2D eigenvalue weighted by molar-refractivity contribution is 5.65. The highest BCUT2D eigenvalue weighted by atomic mass is 16.6. The van der Waals surface area contributed by atoms with Gasteiger partial charge in [-0.2, -0.15) is 5.10 Å². The zero-order chi connectivity index (χ0) is 10.0. The van der Waals surface area contributed by atoms with Crippen molar-refractivity contribution in [3.05, 3.63) is 17.5 Å². The summed E-state index contributed by atoms with van der Waals surface area (Å²) >= 11 is 0. The first-order valence-corrected chi connectivity index (χ1v) is 4.20. The normalized spacial score (nSPS) is 12.6. The Labute approximate surface area is 77.5 Å². The van der Waals surface area contributed by atoms with Crippen LogP contribution in [-0.4, -0.2) is 15.7 Å². The van der Waals surface area contributed by atoms with Crippen molar-refractivity contribution in [3.8, 4) is 0 Å². The summed E-state index contributed by atoms with van der Waals surface area (Å²) in [5, 5.41) is 4.20. The molecule has 0 fully saturated rings. The topological polar surface area (TPSA) is 44.1 Å². The van der Waals surface area contributed by atoms with E-state index in [4.69, 9.17) is 4.74 Å². The molecule has 1 aromatic heterocycles. The van der Waals surface area contributed by atoms with Gasteiger partial charge in [0, 0.05) is 12.6 Å². The summed E-state index contributed by atoms with van der Waals surface area (Å²) in [6.45, 7) is 7.02. The highest BCUT2D eigenvalue weighted by Crippen LogP contribution is 2.11. The lowest BCUT2D eigenvalue weighted by molar-refractivity contribution is -0.150. The predicted molar refractivity (Wildman–Crippen MR) is 48.2 cm³/mol. The molecule has 0 aliphatic rings. The number of nitrogens with zero attached hydrogens (tertiary/aromatic N) is 2. The smallest absolute Gasteiger partial charge is 0.304 e.